The fourth-order valence-electron chi connectivity index (χ4n) is 3.76. The van der Waals surface area contributed by atoms with E-state index in [2.05, 4.69) is 35.5 Å². The second-order valence-electron chi connectivity index (χ2n) is 7.64. The van der Waals surface area contributed by atoms with E-state index in [0.717, 1.165) is 33.7 Å². The lowest BCUT2D eigenvalue weighted by molar-refractivity contribution is 0.0779. The number of imidazole rings is 1. The number of nitrogens with zero attached hydrogens (tertiary/aromatic N) is 4. The number of fused-ring (bicyclic) bond motifs is 1. The molecular weight excluding hydrogens is 388 g/mol. The van der Waals surface area contributed by atoms with Gasteiger partial charge in [0.25, 0.3) is 5.91 Å². The van der Waals surface area contributed by atoms with Crippen LogP contribution < -0.4 is 4.74 Å². The molecule has 0 N–H and O–H groups in total. The van der Waals surface area contributed by atoms with E-state index in [4.69, 9.17) is 9.72 Å². The van der Waals surface area contributed by atoms with Crippen LogP contribution in [0.5, 0.6) is 5.75 Å². The van der Waals surface area contributed by atoms with Gasteiger partial charge in [-0.05, 0) is 49.2 Å². The monoisotopic (exact) mass is 414 g/mol. The van der Waals surface area contributed by atoms with Crippen molar-refractivity contribution < 1.29 is 9.53 Å². The number of aromatic nitrogens is 3. The van der Waals surface area contributed by atoms with Crippen LogP contribution in [-0.4, -0.2) is 39.0 Å². The van der Waals surface area contributed by atoms with E-state index >= 15 is 0 Å². The van der Waals surface area contributed by atoms with Crippen molar-refractivity contribution in [3.63, 3.8) is 0 Å². The zero-order valence-electron chi connectivity index (χ0n) is 18.1. The van der Waals surface area contributed by atoms with Crippen molar-refractivity contribution in [1.29, 1.82) is 0 Å². The molecule has 0 fully saturated rings. The molecule has 0 aliphatic carbocycles. The van der Waals surface area contributed by atoms with Crippen molar-refractivity contribution in [1.82, 2.24) is 19.4 Å². The molecule has 0 aliphatic rings. The zero-order chi connectivity index (χ0) is 21.8. The Hall–Kier alpha value is -3.67. The van der Waals surface area contributed by atoms with Crippen molar-refractivity contribution in [3.05, 3.63) is 89.5 Å². The van der Waals surface area contributed by atoms with E-state index in [-0.39, 0.29) is 5.91 Å². The Labute approximate surface area is 182 Å². The van der Waals surface area contributed by atoms with Gasteiger partial charge < -0.3 is 14.2 Å². The normalized spacial score (nSPS) is 10.9. The Kier molecular flexibility index (Phi) is 5.98. The van der Waals surface area contributed by atoms with Crippen molar-refractivity contribution in [2.45, 2.75) is 26.9 Å². The molecule has 2 aromatic heterocycles. The third-order valence-electron chi connectivity index (χ3n) is 5.34. The highest BCUT2D eigenvalue weighted by Crippen LogP contribution is 2.23. The Morgan fingerprint density at radius 1 is 1.03 bits per heavy atom. The molecule has 158 valence electrons. The van der Waals surface area contributed by atoms with Crippen LogP contribution in [-0.2, 0) is 13.1 Å². The first-order valence-corrected chi connectivity index (χ1v) is 10.3. The Morgan fingerprint density at radius 3 is 2.55 bits per heavy atom. The molecule has 0 saturated carbocycles. The van der Waals surface area contributed by atoms with Gasteiger partial charge in [-0.15, -0.1) is 0 Å². The standard InChI is InChI=1S/C25H26N4O2/c1-18-8-6-9-19(2)24(18)31-15-14-29-22-12-5-4-11-21(22)27-23(29)17-28(3)25(30)20-10-7-13-26-16-20/h4-13,16H,14-15,17H2,1-3H3. The number of hydrogen-bond acceptors (Lipinski definition) is 4. The summed E-state index contributed by atoms with van der Waals surface area (Å²) in [6.45, 7) is 5.66. The number of pyridine rings is 1. The van der Waals surface area contributed by atoms with E-state index in [0.29, 0.717) is 25.3 Å². The molecule has 6 nitrogen and oxygen atoms in total. The van der Waals surface area contributed by atoms with Crippen LogP contribution in [0.2, 0.25) is 0 Å². The second kappa shape index (κ2) is 9.00. The minimum absolute atomic E-state index is 0.0847. The molecule has 0 spiro atoms. The predicted molar refractivity (Wildman–Crippen MR) is 121 cm³/mol. The van der Waals surface area contributed by atoms with E-state index in [1.165, 1.54) is 0 Å². The molecule has 0 bridgehead atoms. The molecular formula is C25H26N4O2. The van der Waals surface area contributed by atoms with Crippen LogP contribution in [0, 0.1) is 13.8 Å². The van der Waals surface area contributed by atoms with E-state index in [9.17, 15) is 4.79 Å². The predicted octanol–water partition coefficient (Wildman–Crippen LogP) is 4.40. The minimum Gasteiger partial charge on any atom is -0.491 e. The first-order valence-electron chi connectivity index (χ1n) is 10.3. The second-order valence-corrected chi connectivity index (χ2v) is 7.64. The van der Waals surface area contributed by atoms with E-state index < -0.39 is 0 Å². The molecule has 2 heterocycles. The summed E-state index contributed by atoms with van der Waals surface area (Å²) < 4.78 is 8.26. The van der Waals surface area contributed by atoms with Gasteiger partial charge in [0.15, 0.2) is 0 Å². The van der Waals surface area contributed by atoms with Gasteiger partial charge in [0.2, 0.25) is 0 Å². The first kappa shape index (κ1) is 20.6. The summed E-state index contributed by atoms with van der Waals surface area (Å²) in [7, 11) is 1.78. The van der Waals surface area contributed by atoms with E-state index in [1.807, 2.05) is 30.3 Å². The molecule has 1 amide bonds. The van der Waals surface area contributed by atoms with Gasteiger partial charge in [0.1, 0.15) is 18.2 Å². The van der Waals surface area contributed by atoms with Crippen LogP contribution in [0.1, 0.15) is 27.3 Å². The fourth-order valence-corrected chi connectivity index (χ4v) is 3.76. The van der Waals surface area contributed by atoms with Gasteiger partial charge in [-0.2, -0.15) is 0 Å². The van der Waals surface area contributed by atoms with Crippen LogP contribution >= 0.6 is 0 Å². The average Bonchev–Trinajstić information content (AvgIpc) is 3.12. The fraction of sp³-hybridized carbons (Fsp3) is 0.240. The third-order valence-corrected chi connectivity index (χ3v) is 5.34. The number of carbonyl (C=O) groups is 1. The maximum Gasteiger partial charge on any atom is 0.255 e. The molecule has 4 aromatic rings. The van der Waals surface area contributed by atoms with Gasteiger partial charge in [-0.3, -0.25) is 9.78 Å². The number of aryl methyl sites for hydroxylation is 2. The molecule has 0 aliphatic heterocycles. The molecule has 2 aromatic carbocycles. The van der Waals surface area contributed by atoms with Gasteiger partial charge in [-0.25, -0.2) is 4.98 Å². The number of carbonyl (C=O) groups excluding carboxylic acids is 1. The van der Waals surface area contributed by atoms with Gasteiger partial charge in [-0.1, -0.05) is 30.3 Å². The van der Waals surface area contributed by atoms with Gasteiger partial charge in [0, 0.05) is 19.4 Å². The summed E-state index contributed by atoms with van der Waals surface area (Å²) in [6, 6.07) is 17.7. The van der Waals surface area contributed by atoms with Crippen molar-refractivity contribution >= 4 is 16.9 Å². The third kappa shape index (κ3) is 4.43. The highest BCUT2D eigenvalue weighted by molar-refractivity contribution is 5.93. The van der Waals surface area contributed by atoms with Crippen LogP contribution in [0.4, 0.5) is 0 Å². The summed E-state index contributed by atoms with van der Waals surface area (Å²) in [5, 5.41) is 0. The maximum atomic E-state index is 12.8. The average molecular weight is 415 g/mol. The minimum atomic E-state index is -0.0847. The number of hydrogen-bond donors (Lipinski definition) is 0. The quantitative estimate of drug-likeness (QED) is 0.450. The molecule has 0 saturated heterocycles. The van der Waals surface area contributed by atoms with Gasteiger partial charge in [0.05, 0.1) is 29.7 Å². The number of ether oxygens (including phenoxy) is 1. The van der Waals surface area contributed by atoms with Crippen molar-refractivity contribution in [3.8, 4) is 5.75 Å². The summed E-state index contributed by atoms with van der Waals surface area (Å²) in [4.78, 5) is 23.3. The summed E-state index contributed by atoms with van der Waals surface area (Å²) in [6.07, 6.45) is 3.24. The van der Waals surface area contributed by atoms with Crippen LogP contribution in [0.3, 0.4) is 0 Å². The van der Waals surface area contributed by atoms with Crippen LogP contribution in [0.15, 0.2) is 67.0 Å². The van der Waals surface area contributed by atoms with Crippen LogP contribution in [0.25, 0.3) is 11.0 Å². The molecule has 4 rings (SSSR count). The lowest BCUT2D eigenvalue weighted by Gasteiger charge is -2.18. The summed E-state index contributed by atoms with van der Waals surface area (Å²) in [5.74, 6) is 1.67. The van der Waals surface area contributed by atoms with Gasteiger partial charge >= 0.3 is 0 Å². The molecule has 0 radical (unpaired) electrons. The topological polar surface area (TPSA) is 60.2 Å². The van der Waals surface area contributed by atoms with Crippen molar-refractivity contribution in [2.24, 2.45) is 0 Å². The number of para-hydroxylation sites is 3. The summed E-state index contributed by atoms with van der Waals surface area (Å²) >= 11 is 0. The van der Waals surface area contributed by atoms with E-state index in [1.54, 1.807) is 36.5 Å². The highest BCUT2D eigenvalue weighted by Gasteiger charge is 2.17. The Bertz CT molecular complexity index is 1180. The Balaban J connectivity index is 1.55. The largest absolute Gasteiger partial charge is 0.491 e. The molecule has 31 heavy (non-hydrogen) atoms. The zero-order valence-corrected chi connectivity index (χ0v) is 18.1. The number of benzene rings is 2. The SMILES string of the molecule is Cc1cccc(C)c1OCCn1c(CN(C)C(=O)c2cccnc2)nc2ccccc21. The van der Waals surface area contributed by atoms with Crippen molar-refractivity contribution in [2.75, 3.05) is 13.7 Å². The first-order chi connectivity index (χ1) is 15.0. The lowest BCUT2D eigenvalue weighted by Crippen LogP contribution is -2.28. The smallest absolute Gasteiger partial charge is 0.255 e. The Morgan fingerprint density at radius 2 is 1.81 bits per heavy atom. The molecule has 6 heteroatoms. The lowest BCUT2D eigenvalue weighted by atomic mass is 10.1. The maximum absolute atomic E-state index is 12.8. The highest BCUT2D eigenvalue weighted by atomic mass is 16.5. The number of rotatable bonds is 7. The summed E-state index contributed by atoms with van der Waals surface area (Å²) in [5.41, 5.74) is 4.75. The molecule has 0 atom stereocenters. The number of amides is 1. The molecule has 0 unspecified atom stereocenters.